The van der Waals surface area contributed by atoms with Gasteiger partial charge >= 0.3 is 6.03 Å². The lowest BCUT2D eigenvalue weighted by Gasteiger charge is -2.17. The minimum Gasteiger partial charge on any atom is -0.772 e. The maximum absolute atomic E-state index is 13.0. The zero-order chi connectivity index (χ0) is 23.4. The normalized spacial score (nSPS) is 15.7. The molecule has 2 atom stereocenters. The van der Waals surface area contributed by atoms with Crippen molar-refractivity contribution in [1.29, 1.82) is 0 Å². The van der Waals surface area contributed by atoms with E-state index in [1.54, 1.807) is 30.5 Å². The third-order valence-electron chi connectivity index (χ3n) is 5.60. The quantitative estimate of drug-likeness (QED) is 0.366. The third-order valence-corrected chi connectivity index (χ3v) is 7.63. The van der Waals surface area contributed by atoms with E-state index in [4.69, 9.17) is 0 Å². The summed E-state index contributed by atoms with van der Waals surface area (Å²) in [5.41, 5.74) is 2.41. The SMILES string of the molecule is Cc1ccc(NC(=O)Nc2ncc(C(c3cccnc3)S(=O)[O-])s2)c(C(=O)C2CCCC2)c1. The molecule has 10 heteroatoms. The molecule has 2 heterocycles. The van der Waals surface area contributed by atoms with Crippen LogP contribution >= 0.6 is 11.3 Å². The van der Waals surface area contributed by atoms with Crippen molar-refractivity contribution in [3.05, 3.63) is 70.5 Å². The maximum Gasteiger partial charge on any atom is 0.325 e. The molecule has 1 aliphatic carbocycles. The number of thiazole rings is 1. The number of amides is 2. The topological polar surface area (TPSA) is 124 Å². The first-order valence-corrected chi connectivity index (χ1v) is 12.5. The molecule has 0 radical (unpaired) electrons. The molecule has 2 unspecified atom stereocenters. The molecule has 0 aliphatic heterocycles. The molecule has 1 saturated carbocycles. The van der Waals surface area contributed by atoms with E-state index in [9.17, 15) is 18.4 Å². The van der Waals surface area contributed by atoms with Gasteiger partial charge < -0.3 is 9.87 Å². The zero-order valence-corrected chi connectivity index (χ0v) is 19.6. The van der Waals surface area contributed by atoms with Gasteiger partial charge in [-0.2, -0.15) is 0 Å². The Balaban J connectivity index is 1.49. The van der Waals surface area contributed by atoms with E-state index < -0.39 is 22.4 Å². The van der Waals surface area contributed by atoms with E-state index in [2.05, 4.69) is 20.6 Å². The minimum atomic E-state index is -2.43. The van der Waals surface area contributed by atoms with Gasteiger partial charge in [0, 0.05) is 34.9 Å². The third kappa shape index (κ3) is 5.52. The number of pyridine rings is 1. The van der Waals surface area contributed by atoms with Crippen molar-refractivity contribution in [2.24, 2.45) is 5.92 Å². The Bertz CT molecular complexity index is 1180. The van der Waals surface area contributed by atoms with Crippen LogP contribution in [0.2, 0.25) is 0 Å². The fourth-order valence-electron chi connectivity index (χ4n) is 4.00. The average molecular weight is 484 g/mol. The summed E-state index contributed by atoms with van der Waals surface area (Å²) in [6.45, 7) is 1.91. The number of carbonyl (C=O) groups excluding carboxylic acids is 2. The number of anilines is 2. The number of ketones is 1. The number of rotatable bonds is 7. The average Bonchev–Trinajstić information content (AvgIpc) is 3.48. The van der Waals surface area contributed by atoms with Crippen molar-refractivity contribution < 1.29 is 18.4 Å². The summed E-state index contributed by atoms with van der Waals surface area (Å²) in [4.78, 5) is 34.2. The highest BCUT2D eigenvalue weighted by atomic mass is 32.2. The van der Waals surface area contributed by atoms with E-state index in [-0.39, 0.29) is 16.8 Å². The first-order chi connectivity index (χ1) is 15.9. The molecular weight excluding hydrogens is 460 g/mol. The summed E-state index contributed by atoms with van der Waals surface area (Å²) in [6, 6.07) is 8.15. The molecule has 3 aromatic rings. The molecule has 2 N–H and O–H groups in total. The number of benzene rings is 1. The van der Waals surface area contributed by atoms with Crippen LogP contribution in [0.3, 0.4) is 0 Å². The Morgan fingerprint density at radius 1 is 1.18 bits per heavy atom. The number of hydrogen-bond donors (Lipinski definition) is 2. The van der Waals surface area contributed by atoms with Crippen LogP contribution in [-0.2, 0) is 11.1 Å². The summed E-state index contributed by atoms with van der Waals surface area (Å²) < 4.78 is 23.7. The first kappa shape index (κ1) is 23.2. The van der Waals surface area contributed by atoms with Gasteiger partial charge in [-0.3, -0.25) is 19.3 Å². The predicted octanol–water partition coefficient (Wildman–Crippen LogP) is 4.83. The number of nitrogens with one attached hydrogen (secondary N) is 2. The molecule has 4 rings (SSSR count). The monoisotopic (exact) mass is 483 g/mol. The highest BCUT2D eigenvalue weighted by Gasteiger charge is 2.26. The Labute approximate surface area is 198 Å². The second kappa shape index (κ2) is 10.3. The van der Waals surface area contributed by atoms with Crippen molar-refractivity contribution in [2.45, 2.75) is 37.9 Å². The fourth-order valence-corrected chi connectivity index (χ4v) is 5.81. The van der Waals surface area contributed by atoms with Crippen LogP contribution in [0.1, 0.15) is 57.3 Å². The molecule has 1 fully saturated rings. The molecule has 0 spiro atoms. The van der Waals surface area contributed by atoms with E-state index in [1.165, 1.54) is 12.4 Å². The van der Waals surface area contributed by atoms with Gasteiger partial charge in [-0.1, -0.05) is 30.5 Å². The van der Waals surface area contributed by atoms with Crippen LogP contribution in [0.15, 0.2) is 48.9 Å². The van der Waals surface area contributed by atoms with Gasteiger partial charge in [0.15, 0.2) is 10.9 Å². The van der Waals surface area contributed by atoms with E-state index in [0.29, 0.717) is 21.7 Å². The largest absolute Gasteiger partial charge is 0.772 e. The van der Waals surface area contributed by atoms with E-state index in [0.717, 1.165) is 42.6 Å². The Hall–Kier alpha value is -2.95. The van der Waals surface area contributed by atoms with Gasteiger partial charge in [0.2, 0.25) is 0 Å². The van der Waals surface area contributed by atoms with Gasteiger partial charge in [0.05, 0.1) is 10.9 Å². The summed E-state index contributed by atoms with van der Waals surface area (Å²) in [7, 11) is 0. The number of hydrogen-bond acceptors (Lipinski definition) is 7. The smallest absolute Gasteiger partial charge is 0.325 e. The van der Waals surface area contributed by atoms with Crippen LogP contribution in [0, 0.1) is 12.8 Å². The Kier molecular flexibility index (Phi) is 7.26. The molecule has 0 bridgehead atoms. The van der Waals surface area contributed by atoms with E-state index in [1.807, 2.05) is 13.0 Å². The summed E-state index contributed by atoms with van der Waals surface area (Å²) in [5, 5.41) is 4.70. The summed E-state index contributed by atoms with van der Waals surface area (Å²) >= 11 is -1.37. The number of nitrogens with zero attached hydrogens (tertiary/aromatic N) is 2. The van der Waals surface area contributed by atoms with Crippen LogP contribution in [0.4, 0.5) is 15.6 Å². The standard InChI is InChI=1S/C23H24N4O4S2/c1-14-8-9-18(17(11-14)20(28)15-5-2-3-6-15)26-22(29)27-23-25-13-19(32-23)21(33(30)31)16-7-4-10-24-12-16/h4,7-13,15,21H,2-3,5-6H2,1H3,(H,30,31)(H2,25,26,27,29)/p-1. The number of Topliss-reactive ketones (excluding diaryl/α,β-unsaturated/α-hetero) is 1. The first-order valence-electron chi connectivity index (χ1n) is 10.6. The zero-order valence-electron chi connectivity index (χ0n) is 17.9. The molecule has 33 heavy (non-hydrogen) atoms. The van der Waals surface area contributed by atoms with Gasteiger partial charge in [-0.25, -0.2) is 9.78 Å². The highest BCUT2D eigenvalue weighted by Crippen LogP contribution is 2.33. The summed E-state index contributed by atoms with van der Waals surface area (Å²) in [6.07, 6.45) is 8.32. The van der Waals surface area contributed by atoms with Crippen LogP contribution in [0.25, 0.3) is 0 Å². The van der Waals surface area contributed by atoms with Gasteiger partial charge in [-0.15, -0.1) is 11.3 Å². The lowest BCUT2D eigenvalue weighted by Crippen LogP contribution is -2.22. The van der Waals surface area contributed by atoms with Crippen LogP contribution in [-0.4, -0.2) is 30.5 Å². The predicted molar refractivity (Wildman–Crippen MR) is 127 cm³/mol. The summed E-state index contributed by atoms with van der Waals surface area (Å²) in [5.74, 6) is 0.0505. The Morgan fingerprint density at radius 3 is 2.67 bits per heavy atom. The number of carbonyl (C=O) groups is 2. The number of aryl methyl sites for hydroxylation is 1. The second-order valence-corrected chi connectivity index (χ2v) is 10.0. The van der Waals surface area contributed by atoms with Crippen molar-refractivity contribution in [2.75, 3.05) is 10.6 Å². The minimum absolute atomic E-state index is 0.00527. The molecule has 1 aliphatic rings. The van der Waals surface area contributed by atoms with Gasteiger partial charge in [-0.05, 0) is 54.6 Å². The van der Waals surface area contributed by atoms with Gasteiger partial charge in [0.1, 0.15) is 0 Å². The Morgan fingerprint density at radius 2 is 1.97 bits per heavy atom. The van der Waals surface area contributed by atoms with Gasteiger partial charge in [0.25, 0.3) is 0 Å². The number of urea groups is 1. The molecular formula is C23H23N4O4S2-. The van der Waals surface area contributed by atoms with Crippen molar-refractivity contribution in [1.82, 2.24) is 9.97 Å². The molecule has 0 saturated heterocycles. The molecule has 2 amide bonds. The maximum atomic E-state index is 13.0. The van der Waals surface area contributed by atoms with Crippen molar-refractivity contribution in [3.8, 4) is 0 Å². The van der Waals surface area contributed by atoms with E-state index >= 15 is 0 Å². The van der Waals surface area contributed by atoms with Crippen molar-refractivity contribution >= 4 is 45.1 Å². The molecule has 2 aromatic heterocycles. The second-order valence-electron chi connectivity index (χ2n) is 7.97. The molecule has 172 valence electrons. The lowest BCUT2D eigenvalue weighted by molar-refractivity contribution is 0.0923. The highest BCUT2D eigenvalue weighted by molar-refractivity contribution is 7.79. The van der Waals surface area contributed by atoms with Crippen LogP contribution in [0.5, 0.6) is 0 Å². The number of aromatic nitrogens is 2. The van der Waals surface area contributed by atoms with Crippen molar-refractivity contribution in [3.63, 3.8) is 0 Å². The molecule has 1 aromatic carbocycles. The van der Waals surface area contributed by atoms with Crippen LogP contribution < -0.4 is 10.6 Å². The lowest BCUT2D eigenvalue weighted by atomic mass is 9.94. The molecule has 8 nitrogen and oxygen atoms in total. The fraction of sp³-hybridized carbons (Fsp3) is 0.304.